The molecule has 0 bridgehead atoms. The minimum absolute atomic E-state index is 0.0437. The van der Waals surface area contributed by atoms with Crippen LogP contribution in [0.15, 0.2) is 71.7 Å². The maximum Gasteiger partial charge on any atom is 0.239 e. The number of hydrogen-bond acceptors (Lipinski definition) is 7. The van der Waals surface area contributed by atoms with Crippen LogP contribution in [0.25, 0.3) is 11.4 Å². The normalized spacial score (nSPS) is 16.0. The number of nitrogens with one attached hydrogen (secondary N) is 2. The minimum Gasteiger partial charge on any atom is -0.489 e. The van der Waals surface area contributed by atoms with Gasteiger partial charge in [0.25, 0.3) is 0 Å². The van der Waals surface area contributed by atoms with Crippen LogP contribution < -0.4 is 15.4 Å². The number of carbonyl (C=O) groups excluding carboxylic acids is 2. The van der Waals surface area contributed by atoms with Crippen LogP contribution in [-0.2, 0) is 9.59 Å². The van der Waals surface area contributed by atoms with Crippen molar-refractivity contribution >= 4 is 29.7 Å². The van der Waals surface area contributed by atoms with Crippen molar-refractivity contribution in [3.63, 3.8) is 0 Å². The number of rotatable bonds is 9. The zero-order valence-electron chi connectivity index (χ0n) is 20.3. The standard InChI is InChI=1S/C27H30N6O3/c1-20(34)28-14-15-29-24-17-25(32-27(31-24)21-9-4-2-5-10-21)30-26(35)19-33-16-8-13-23(18-33)36-22-11-6-3-7-12-22/h2-7,9-12,15,17,23H,8,13-14,16,18-19H2,1H3,(H,28,34)(H,30,31,32,35). The number of aliphatic imine (C=N–C) groups is 1. The van der Waals surface area contributed by atoms with Gasteiger partial charge >= 0.3 is 0 Å². The molecule has 9 nitrogen and oxygen atoms in total. The van der Waals surface area contributed by atoms with E-state index in [2.05, 4.69) is 30.5 Å². The number of carbonyl (C=O) groups is 2. The van der Waals surface area contributed by atoms with E-state index >= 15 is 0 Å². The zero-order valence-corrected chi connectivity index (χ0v) is 20.3. The molecular weight excluding hydrogens is 456 g/mol. The Morgan fingerprint density at radius 2 is 1.86 bits per heavy atom. The fraction of sp³-hybridized carbons (Fsp3) is 0.296. The fourth-order valence-electron chi connectivity index (χ4n) is 3.94. The Balaban J connectivity index is 1.41. The maximum absolute atomic E-state index is 12.9. The topological polar surface area (TPSA) is 109 Å². The highest BCUT2D eigenvalue weighted by molar-refractivity contribution is 5.92. The number of nitrogens with zero attached hydrogens (tertiary/aromatic N) is 4. The van der Waals surface area contributed by atoms with E-state index in [-0.39, 0.29) is 31.0 Å². The zero-order chi connectivity index (χ0) is 25.2. The average molecular weight is 487 g/mol. The van der Waals surface area contributed by atoms with Gasteiger partial charge < -0.3 is 15.4 Å². The summed E-state index contributed by atoms with van der Waals surface area (Å²) in [6, 6.07) is 20.9. The second-order valence-electron chi connectivity index (χ2n) is 8.53. The summed E-state index contributed by atoms with van der Waals surface area (Å²) in [5.74, 6) is 1.75. The molecule has 36 heavy (non-hydrogen) atoms. The molecule has 2 aromatic carbocycles. The van der Waals surface area contributed by atoms with E-state index in [0.29, 0.717) is 24.0 Å². The van der Waals surface area contributed by atoms with Gasteiger partial charge in [0, 0.05) is 31.3 Å². The van der Waals surface area contributed by atoms with E-state index in [1.165, 1.54) is 6.92 Å². The first-order chi connectivity index (χ1) is 17.5. The molecule has 3 aromatic rings. The van der Waals surface area contributed by atoms with Gasteiger partial charge in [-0.1, -0.05) is 48.5 Å². The molecule has 0 radical (unpaired) electrons. The van der Waals surface area contributed by atoms with Gasteiger partial charge in [0.15, 0.2) is 11.6 Å². The summed E-state index contributed by atoms with van der Waals surface area (Å²) in [5, 5.41) is 5.55. The molecule has 1 aliphatic heterocycles. The van der Waals surface area contributed by atoms with E-state index in [9.17, 15) is 9.59 Å². The first kappa shape index (κ1) is 25.0. The molecule has 9 heteroatoms. The van der Waals surface area contributed by atoms with Gasteiger partial charge in [-0.25, -0.2) is 15.0 Å². The molecule has 0 spiro atoms. The van der Waals surface area contributed by atoms with E-state index in [0.717, 1.165) is 30.7 Å². The predicted octanol–water partition coefficient (Wildman–Crippen LogP) is 3.46. The van der Waals surface area contributed by atoms with Crippen molar-refractivity contribution in [2.75, 3.05) is 31.5 Å². The van der Waals surface area contributed by atoms with Gasteiger partial charge in [0.1, 0.15) is 17.7 Å². The molecule has 1 aliphatic rings. The molecule has 0 saturated carbocycles. The maximum atomic E-state index is 12.9. The summed E-state index contributed by atoms with van der Waals surface area (Å²) in [4.78, 5) is 39.4. The van der Waals surface area contributed by atoms with Gasteiger partial charge in [-0.2, -0.15) is 0 Å². The molecule has 2 N–H and O–H groups in total. The monoisotopic (exact) mass is 486 g/mol. The van der Waals surface area contributed by atoms with Crippen LogP contribution in [0.1, 0.15) is 19.8 Å². The fourth-order valence-corrected chi connectivity index (χ4v) is 3.94. The van der Waals surface area contributed by atoms with Crippen LogP contribution in [0, 0.1) is 0 Å². The number of likely N-dealkylation sites (tertiary alicyclic amines) is 1. The van der Waals surface area contributed by atoms with Crippen LogP contribution >= 0.6 is 0 Å². The van der Waals surface area contributed by atoms with Gasteiger partial charge in [-0.05, 0) is 31.5 Å². The Bertz CT molecular complexity index is 1190. The molecule has 186 valence electrons. The molecule has 1 aromatic heterocycles. The molecule has 1 unspecified atom stereocenters. The van der Waals surface area contributed by atoms with Gasteiger partial charge in [-0.15, -0.1) is 0 Å². The summed E-state index contributed by atoms with van der Waals surface area (Å²) in [7, 11) is 0. The highest BCUT2D eigenvalue weighted by atomic mass is 16.5. The second kappa shape index (κ2) is 12.6. The Morgan fingerprint density at radius 3 is 2.61 bits per heavy atom. The van der Waals surface area contributed by atoms with Gasteiger partial charge in [-0.3, -0.25) is 14.5 Å². The Labute approximate surface area is 210 Å². The van der Waals surface area contributed by atoms with Crippen LogP contribution in [0.2, 0.25) is 0 Å². The molecule has 2 heterocycles. The quantitative estimate of drug-likeness (QED) is 0.449. The number of hydrogen-bond donors (Lipinski definition) is 2. The largest absolute Gasteiger partial charge is 0.489 e. The van der Waals surface area contributed by atoms with Crippen molar-refractivity contribution in [1.29, 1.82) is 0 Å². The van der Waals surface area contributed by atoms with E-state index in [4.69, 9.17) is 4.74 Å². The van der Waals surface area contributed by atoms with Gasteiger partial charge in [0.2, 0.25) is 11.8 Å². The molecule has 2 amide bonds. The van der Waals surface area contributed by atoms with E-state index < -0.39 is 0 Å². The summed E-state index contributed by atoms with van der Waals surface area (Å²) in [5.41, 5.74) is 0.809. The summed E-state index contributed by atoms with van der Waals surface area (Å²) in [6.45, 7) is 3.47. The lowest BCUT2D eigenvalue weighted by Crippen LogP contribution is -2.44. The van der Waals surface area contributed by atoms with Crippen molar-refractivity contribution in [1.82, 2.24) is 20.2 Å². The third-order valence-corrected chi connectivity index (χ3v) is 5.55. The Morgan fingerprint density at radius 1 is 1.11 bits per heavy atom. The highest BCUT2D eigenvalue weighted by Crippen LogP contribution is 2.22. The lowest BCUT2D eigenvalue weighted by atomic mass is 10.1. The lowest BCUT2D eigenvalue weighted by molar-refractivity contribution is -0.119. The van der Waals surface area contributed by atoms with Crippen molar-refractivity contribution in [2.24, 2.45) is 4.99 Å². The average Bonchev–Trinajstić information content (AvgIpc) is 2.88. The number of anilines is 1. The Kier molecular flexibility index (Phi) is 8.72. The summed E-state index contributed by atoms with van der Waals surface area (Å²) in [6.07, 6.45) is 3.52. The first-order valence-electron chi connectivity index (χ1n) is 12.0. The molecule has 1 saturated heterocycles. The van der Waals surface area contributed by atoms with E-state index in [1.54, 1.807) is 12.3 Å². The van der Waals surface area contributed by atoms with Gasteiger partial charge in [0.05, 0.1) is 13.1 Å². The van der Waals surface area contributed by atoms with Crippen LogP contribution in [0.3, 0.4) is 0 Å². The second-order valence-corrected chi connectivity index (χ2v) is 8.53. The number of benzene rings is 2. The smallest absolute Gasteiger partial charge is 0.239 e. The van der Waals surface area contributed by atoms with Crippen molar-refractivity contribution in [2.45, 2.75) is 25.9 Å². The van der Waals surface area contributed by atoms with Crippen LogP contribution in [0.4, 0.5) is 11.6 Å². The SMILES string of the molecule is CC(=O)NCC=Nc1cc(NC(=O)CN2CCCC(Oc3ccccc3)C2)nc(-c2ccccc2)n1. The van der Waals surface area contributed by atoms with Crippen LogP contribution in [0.5, 0.6) is 5.75 Å². The summed E-state index contributed by atoms with van der Waals surface area (Å²) >= 11 is 0. The van der Waals surface area contributed by atoms with Crippen LogP contribution in [-0.4, -0.2) is 65.2 Å². The highest BCUT2D eigenvalue weighted by Gasteiger charge is 2.23. The summed E-state index contributed by atoms with van der Waals surface area (Å²) < 4.78 is 6.09. The third-order valence-electron chi connectivity index (χ3n) is 5.55. The lowest BCUT2D eigenvalue weighted by Gasteiger charge is -2.32. The number of amides is 2. The number of ether oxygens (including phenoxy) is 1. The predicted molar refractivity (Wildman–Crippen MR) is 139 cm³/mol. The number of piperidine rings is 1. The van der Waals surface area contributed by atoms with Crippen molar-refractivity contribution in [3.05, 3.63) is 66.7 Å². The van der Waals surface area contributed by atoms with E-state index in [1.807, 2.05) is 60.7 Å². The molecule has 1 atom stereocenters. The third kappa shape index (κ3) is 7.71. The molecule has 1 fully saturated rings. The van der Waals surface area contributed by atoms with Crippen molar-refractivity contribution < 1.29 is 14.3 Å². The molecular formula is C27H30N6O3. The van der Waals surface area contributed by atoms with Crippen molar-refractivity contribution in [3.8, 4) is 17.1 Å². The molecule has 4 rings (SSSR count). The number of aromatic nitrogens is 2. The molecule has 0 aliphatic carbocycles. The Hall–Kier alpha value is -4.11. The first-order valence-corrected chi connectivity index (χ1v) is 12.0. The minimum atomic E-state index is -0.166. The number of para-hydroxylation sites is 1.